The lowest BCUT2D eigenvalue weighted by Crippen LogP contribution is -2.42. The van der Waals surface area contributed by atoms with Crippen LogP contribution in [0.1, 0.15) is 17.2 Å². The standard InChI is InChI=1S/C26H28F2N8O3/c1-16-23(18-13-29-34(2)14-18)33-36(19-7-5-4-6-8-19)25(16)32-26(37)30-20-15-35(9-10-38-3)39-24(20)17-11-21(27)31-22(28)12-17/h4-8,11-14,20,24H,9-10,15H2,1-3H3,(H2,30,32,37)/t20-,24+/m1/s1. The minimum Gasteiger partial charge on any atom is -0.383 e. The second-order valence-corrected chi connectivity index (χ2v) is 9.13. The van der Waals surface area contributed by atoms with E-state index in [1.165, 1.54) is 0 Å². The van der Waals surface area contributed by atoms with E-state index < -0.39 is 30.1 Å². The van der Waals surface area contributed by atoms with Crippen molar-refractivity contribution < 1.29 is 23.1 Å². The predicted octanol–water partition coefficient (Wildman–Crippen LogP) is 3.38. The summed E-state index contributed by atoms with van der Waals surface area (Å²) < 4.78 is 36.2. The molecule has 2 atom stereocenters. The number of aryl methyl sites for hydroxylation is 1. The van der Waals surface area contributed by atoms with E-state index in [4.69, 9.17) is 14.7 Å². The number of carbonyl (C=O) groups excluding carboxylic acids is 1. The fraction of sp³-hybridized carbons (Fsp3) is 0.308. The molecule has 0 spiro atoms. The molecule has 39 heavy (non-hydrogen) atoms. The summed E-state index contributed by atoms with van der Waals surface area (Å²) in [4.78, 5) is 22.4. The first-order chi connectivity index (χ1) is 18.8. The second-order valence-electron chi connectivity index (χ2n) is 9.13. The van der Waals surface area contributed by atoms with Crippen molar-refractivity contribution >= 4 is 11.8 Å². The molecule has 0 unspecified atom stereocenters. The number of halogens is 2. The molecule has 13 heteroatoms. The van der Waals surface area contributed by atoms with Crippen molar-refractivity contribution in [3.63, 3.8) is 0 Å². The molecule has 1 fully saturated rings. The van der Waals surface area contributed by atoms with Crippen molar-refractivity contribution in [1.82, 2.24) is 34.9 Å². The number of urea groups is 1. The first-order valence-corrected chi connectivity index (χ1v) is 12.3. The zero-order valence-corrected chi connectivity index (χ0v) is 21.6. The number of benzene rings is 1. The maximum atomic E-state index is 13.9. The van der Waals surface area contributed by atoms with E-state index in [1.807, 2.05) is 50.5 Å². The van der Waals surface area contributed by atoms with Crippen LogP contribution in [0.15, 0.2) is 54.9 Å². The Balaban J connectivity index is 1.42. The van der Waals surface area contributed by atoms with Crippen LogP contribution < -0.4 is 10.6 Å². The average molecular weight is 539 g/mol. The van der Waals surface area contributed by atoms with Crippen LogP contribution in [-0.2, 0) is 16.6 Å². The Bertz CT molecular complexity index is 1440. The number of anilines is 1. The maximum absolute atomic E-state index is 13.9. The number of aromatic nitrogens is 5. The summed E-state index contributed by atoms with van der Waals surface area (Å²) >= 11 is 0. The van der Waals surface area contributed by atoms with Crippen LogP contribution in [0, 0.1) is 18.8 Å². The largest absolute Gasteiger partial charge is 0.383 e. The Hall–Kier alpha value is -4.20. The molecule has 3 aromatic heterocycles. The van der Waals surface area contributed by atoms with Crippen molar-refractivity contribution in [2.75, 3.05) is 32.1 Å². The summed E-state index contributed by atoms with van der Waals surface area (Å²) in [7, 11) is 3.37. The van der Waals surface area contributed by atoms with Crippen LogP contribution in [0.25, 0.3) is 16.9 Å². The molecule has 4 heterocycles. The normalized spacial score (nSPS) is 17.5. The van der Waals surface area contributed by atoms with Gasteiger partial charge in [0.1, 0.15) is 17.6 Å². The number of ether oxygens (including phenoxy) is 1. The number of hydroxylamine groups is 2. The third-order valence-corrected chi connectivity index (χ3v) is 6.34. The highest BCUT2D eigenvalue weighted by Crippen LogP contribution is 2.32. The highest BCUT2D eigenvalue weighted by Gasteiger charge is 2.37. The predicted molar refractivity (Wildman–Crippen MR) is 138 cm³/mol. The molecular formula is C26H28F2N8O3. The zero-order chi connectivity index (χ0) is 27.5. The number of para-hydroxylation sites is 1. The summed E-state index contributed by atoms with van der Waals surface area (Å²) in [6.07, 6.45) is 2.71. The van der Waals surface area contributed by atoms with Gasteiger partial charge < -0.3 is 10.1 Å². The lowest BCUT2D eigenvalue weighted by Gasteiger charge is -2.19. The summed E-state index contributed by atoms with van der Waals surface area (Å²) in [5.74, 6) is -1.49. The van der Waals surface area contributed by atoms with Gasteiger partial charge in [-0.2, -0.15) is 29.0 Å². The SMILES string of the molecule is COCCN1C[C@@H](NC(=O)Nc2c(C)c(-c3cnn(C)c3)nn2-c2ccccc2)[C@H](c2cc(F)nc(F)c2)O1. The van der Waals surface area contributed by atoms with E-state index in [1.54, 1.807) is 27.7 Å². The van der Waals surface area contributed by atoms with Crippen molar-refractivity contribution in [2.24, 2.45) is 7.05 Å². The third kappa shape index (κ3) is 5.79. The van der Waals surface area contributed by atoms with E-state index in [9.17, 15) is 13.6 Å². The van der Waals surface area contributed by atoms with Crippen molar-refractivity contribution in [3.05, 3.63) is 77.9 Å². The Morgan fingerprint density at radius 3 is 2.62 bits per heavy atom. The van der Waals surface area contributed by atoms with Crippen LogP contribution in [0.4, 0.5) is 19.4 Å². The van der Waals surface area contributed by atoms with E-state index in [0.717, 1.165) is 28.9 Å². The van der Waals surface area contributed by atoms with E-state index >= 15 is 0 Å². The van der Waals surface area contributed by atoms with Gasteiger partial charge in [0.2, 0.25) is 11.9 Å². The van der Waals surface area contributed by atoms with Crippen molar-refractivity contribution in [1.29, 1.82) is 0 Å². The first kappa shape index (κ1) is 26.4. The van der Waals surface area contributed by atoms with Crippen LogP contribution in [0.2, 0.25) is 0 Å². The topological polar surface area (TPSA) is 111 Å². The molecule has 1 aliphatic heterocycles. The summed E-state index contributed by atoms with van der Waals surface area (Å²) in [6, 6.07) is 10.4. The molecule has 11 nitrogen and oxygen atoms in total. The minimum absolute atomic E-state index is 0.217. The number of carbonyl (C=O) groups is 1. The number of hydrogen-bond acceptors (Lipinski definition) is 7. The monoisotopic (exact) mass is 538 g/mol. The van der Waals surface area contributed by atoms with Gasteiger partial charge in [-0.3, -0.25) is 14.8 Å². The number of pyridine rings is 1. The lowest BCUT2D eigenvalue weighted by atomic mass is 10.0. The second kappa shape index (κ2) is 11.3. The van der Waals surface area contributed by atoms with Crippen LogP contribution >= 0.6 is 0 Å². The number of methoxy groups -OCH3 is 1. The minimum atomic E-state index is -0.975. The van der Waals surface area contributed by atoms with E-state index in [2.05, 4.69) is 20.7 Å². The van der Waals surface area contributed by atoms with Gasteiger partial charge in [-0.05, 0) is 36.8 Å². The number of nitrogens with zero attached hydrogens (tertiary/aromatic N) is 6. The fourth-order valence-corrected chi connectivity index (χ4v) is 4.52. The van der Waals surface area contributed by atoms with Gasteiger partial charge in [0.15, 0.2) is 0 Å². The highest BCUT2D eigenvalue weighted by molar-refractivity contribution is 5.91. The number of hydrogen-bond donors (Lipinski definition) is 2. The maximum Gasteiger partial charge on any atom is 0.320 e. The molecule has 204 valence electrons. The molecule has 2 amide bonds. The van der Waals surface area contributed by atoms with Gasteiger partial charge in [0.25, 0.3) is 0 Å². The summed E-state index contributed by atoms with van der Waals surface area (Å²) in [5, 5.41) is 16.4. The molecule has 0 bridgehead atoms. The third-order valence-electron chi connectivity index (χ3n) is 6.34. The number of nitrogens with one attached hydrogen (secondary N) is 2. The van der Waals surface area contributed by atoms with Gasteiger partial charge >= 0.3 is 6.03 Å². The summed E-state index contributed by atoms with van der Waals surface area (Å²) in [5.41, 5.74) is 3.17. The van der Waals surface area contributed by atoms with Crippen LogP contribution in [-0.4, -0.2) is 68.5 Å². The van der Waals surface area contributed by atoms with Gasteiger partial charge in [-0.15, -0.1) is 0 Å². The number of amides is 2. The van der Waals surface area contributed by atoms with Gasteiger partial charge in [0.05, 0.1) is 24.5 Å². The molecule has 2 N–H and O–H groups in total. The molecule has 0 saturated carbocycles. The first-order valence-electron chi connectivity index (χ1n) is 12.3. The molecular weight excluding hydrogens is 510 g/mol. The Kier molecular flexibility index (Phi) is 7.63. The van der Waals surface area contributed by atoms with Gasteiger partial charge in [0, 0.05) is 44.6 Å². The van der Waals surface area contributed by atoms with E-state index in [-0.39, 0.29) is 12.1 Å². The van der Waals surface area contributed by atoms with E-state index in [0.29, 0.717) is 24.7 Å². The highest BCUT2D eigenvalue weighted by atomic mass is 19.1. The Morgan fingerprint density at radius 1 is 1.21 bits per heavy atom. The lowest BCUT2D eigenvalue weighted by molar-refractivity contribution is -0.154. The molecule has 1 saturated heterocycles. The van der Waals surface area contributed by atoms with Crippen LogP contribution in [0.3, 0.4) is 0 Å². The average Bonchev–Trinajstić information content (AvgIpc) is 3.60. The fourth-order valence-electron chi connectivity index (χ4n) is 4.52. The molecule has 4 aromatic rings. The van der Waals surface area contributed by atoms with Crippen LogP contribution in [0.5, 0.6) is 0 Å². The molecule has 0 radical (unpaired) electrons. The van der Waals surface area contributed by atoms with Gasteiger partial charge in [-0.25, -0.2) is 9.48 Å². The molecule has 1 aliphatic rings. The van der Waals surface area contributed by atoms with Gasteiger partial charge in [-0.1, -0.05) is 18.2 Å². The molecule has 1 aromatic carbocycles. The Labute approximate surface area is 223 Å². The smallest absolute Gasteiger partial charge is 0.320 e. The van der Waals surface area contributed by atoms with Crippen molar-refractivity contribution in [2.45, 2.75) is 19.1 Å². The number of rotatable bonds is 8. The molecule has 5 rings (SSSR count). The van der Waals surface area contributed by atoms with Crippen molar-refractivity contribution in [3.8, 4) is 16.9 Å². The quantitative estimate of drug-likeness (QED) is 0.331. The zero-order valence-electron chi connectivity index (χ0n) is 21.6. The Morgan fingerprint density at radius 2 is 1.95 bits per heavy atom. The summed E-state index contributed by atoms with van der Waals surface area (Å²) in [6.45, 7) is 2.90. The molecule has 0 aliphatic carbocycles.